The van der Waals surface area contributed by atoms with Crippen LogP contribution in [0.25, 0.3) is 0 Å². The molecule has 0 rings (SSSR count). The summed E-state index contributed by atoms with van der Waals surface area (Å²) >= 11 is -2.99. The highest BCUT2D eigenvalue weighted by atomic mass is 80.0. The van der Waals surface area contributed by atoms with Crippen LogP contribution >= 0.6 is 0 Å². The third kappa shape index (κ3) is 8.32. The lowest BCUT2D eigenvalue weighted by molar-refractivity contribution is -1.63. The largest absolute Gasteiger partial charge is 0.436 e. The third-order valence-electron chi connectivity index (χ3n) is 0.928. The second-order valence-corrected chi connectivity index (χ2v) is 4.27. The Hall–Kier alpha value is 0.320. The highest BCUT2D eigenvalue weighted by molar-refractivity contribution is 4.20. The Kier molecular flexibility index (Phi) is 4.39. The Bertz CT molecular complexity index is 91.4. The minimum absolute atomic E-state index is 0.284. The second kappa shape index (κ2) is 4.25. The molecule has 0 saturated heterocycles. The van der Waals surface area contributed by atoms with Gasteiger partial charge in [-0.15, -0.1) is 0 Å². The smallest absolute Gasteiger partial charge is 0.372 e. The van der Waals surface area contributed by atoms with Gasteiger partial charge in [0.25, 0.3) is 0 Å². The molecular formula is C5H13BrNO3+. The quantitative estimate of drug-likeness (QED) is 0.500. The number of halogens is 1. The van der Waals surface area contributed by atoms with Gasteiger partial charge in [0.2, 0.25) is 0 Å². The highest BCUT2D eigenvalue weighted by Gasteiger charge is 2.14. The van der Waals surface area contributed by atoms with E-state index in [1.807, 2.05) is 21.1 Å². The number of rotatable bonds is 4. The van der Waals surface area contributed by atoms with Gasteiger partial charge in [0.05, 0.1) is 21.1 Å². The van der Waals surface area contributed by atoms with E-state index in [9.17, 15) is 8.40 Å². The van der Waals surface area contributed by atoms with E-state index in [1.54, 1.807) is 0 Å². The summed E-state index contributed by atoms with van der Waals surface area (Å²) in [6, 6.07) is 0. The molecule has 4 nitrogen and oxygen atoms in total. The molecule has 0 aliphatic heterocycles. The van der Waals surface area contributed by atoms with Gasteiger partial charge >= 0.3 is 14.8 Å². The number of quaternary nitrogens is 1. The molecule has 0 radical (unpaired) electrons. The van der Waals surface area contributed by atoms with E-state index >= 15 is 0 Å². The average molecular weight is 215 g/mol. The van der Waals surface area contributed by atoms with Crippen LogP contribution in [0.1, 0.15) is 0 Å². The summed E-state index contributed by atoms with van der Waals surface area (Å²) in [4.78, 5) is 0. The molecule has 0 atom stereocenters. The minimum Gasteiger partial charge on any atom is -0.372 e. The third-order valence-corrected chi connectivity index (χ3v) is 1.63. The number of hydrogen-bond acceptors (Lipinski definition) is 3. The standard InChI is InChI=1S/C5H13BrNO3/c1-7(2,3)4-5-10-6(8)9/h4-5H2,1-3H3/q+1. The molecule has 10 heavy (non-hydrogen) atoms. The van der Waals surface area contributed by atoms with E-state index in [2.05, 4.69) is 3.83 Å². The first-order valence-electron chi connectivity index (χ1n) is 2.91. The van der Waals surface area contributed by atoms with Crippen molar-refractivity contribution < 1.29 is 31.5 Å². The van der Waals surface area contributed by atoms with Crippen molar-refractivity contribution >= 4 is 0 Å². The van der Waals surface area contributed by atoms with Crippen LogP contribution in [0.4, 0.5) is 0 Å². The van der Waals surface area contributed by atoms with E-state index in [0.29, 0.717) is 6.54 Å². The Morgan fingerprint density at radius 3 is 2.10 bits per heavy atom. The van der Waals surface area contributed by atoms with Crippen molar-refractivity contribution in [2.24, 2.45) is 0 Å². The lowest BCUT2D eigenvalue weighted by Gasteiger charge is -2.21. The molecular weight excluding hydrogens is 202 g/mol. The van der Waals surface area contributed by atoms with Crippen molar-refractivity contribution in [2.75, 3.05) is 34.3 Å². The van der Waals surface area contributed by atoms with Crippen LogP contribution < -0.4 is 8.40 Å². The molecule has 0 aliphatic rings. The first-order chi connectivity index (χ1) is 4.42. The van der Waals surface area contributed by atoms with Gasteiger partial charge in [0.15, 0.2) is 6.61 Å². The fraction of sp³-hybridized carbons (Fsp3) is 1.00. The van der Waals surface area contributed by atoms with E-state index in [1.165, 1.54) is 0 Å². The molecule has 0 unspecified atom stereocenters. The minimum atomic E-state index is -2.99. The summed E-state index contributed by atoms with van der Waals surface area (Å²) in [5.74, 6) is 0. The van der Waals surface area contributed by atoms with Crippen LogP contribution in [-0.2, 0) is 3.83 Å². The second-order valence-electron chi connectivity index (χ2n) is 3.02. The lowest BCUT2D eigenvalue weighted by Crippen LogP contribution is -2.41. The average Bonchev–Trinajstić information content (AvgIpc) is 1.59. The molecule has 0 aromatic carbocycles. The molecule has 0 heterocycles. The maximum atomic E-state index is 9.93. The topological polar surface area (TPSA) is 55.3 Å². The molecule has 0 saturated carbocycles. The Balaban J connectivity index is 3.21. The zero-order valence-electron chi connectivity index (χ0n) is 6.46. The SMILES string of the molecule is C[N+](C)(C)CCO[Br+2]([O-])[O-]. The monoisotopic (exact) mass is 214 g/mol. The summed E-state index contributed by atoms with van der Waals surface area (Å²) in [6.07, 6.45) is 0. The molecule has 0 bridgehead atoms. The number of likely N-dealkylation sites (N-methyl/N-ethyl adjacent to an activating group) is 1. The molecule has 0 aromatic rings. The van der Waals surface area contributed by atoms with Crippen molar-refractivity contribution in [3.63, 3.8) is 0 Å². The Morgan fingerprint density at radius 1 is 1.30 bits per heavy atom. The predicted molar refractivity (Wildman–Crippen MR) is 28.9 cm³/mol. The molecule has 0 N–H and O–H groups in total. The molecule has 0 amide bonds. The highest BCUT2D eigenvalue weighted by Crippen LogP contribution is 1.89. The molecule has 0 aliphatic carbocycles. The maximum absolute atomic E-state index is 9.93. The van der Waals surface area contributed by atoms with Crippen molar-refractivity contribution in [1.82, 2.24) is 0 Å². The van der Waals surface area contributed by atoms with Crippen LogP contribution in [0.3, 0.4) is 0 Å². The van der Waals surface area contributed by atoms with E-state index in [0.717, 1.165) is 4.48 Å². The molecule has 0 fully saturated rings. The van der Waals surface area contributed by atoms with E-state index < -0.39 is 14.8 Å². The van der Waals surface area contributed by atoms with Crippen LogP contribution in [0.5, 0.6) is 0 Å². The van der Waals surface area contributed by atoms with Gasteiger partial charge in [0.1, 0.15) is 6.54 Å². The lowest BCUT2D eigenvalue weighted by atomic mass is 10.5. The first kappa shape index (κ1) is 10.3. The summed E-state index contributed by atoms with van der Waals surface area (Å²) in [7, 11) is 5.93. The van der Waals surface area contributed by atoms with E-state index in [4.69, 9.17) is 0 Å². The molecule has 62 valence electrons. The van der Waals surface area contributed by atoms with Crippen LogP contribution in [0, 0.1) is 14.8 Å². The first-order valence-corrected chi connectivity index (χ1v) is 4.85. The summed E-state index contributed by atoms with van der Waals surface area (Å²) < 4.78 is 25.0. The van der Waals surface area contributed by atoms with Crippen molar-refractivity contribution in [1.29, 1.82) is 0 Å². The molecule has 5 heteroatoms. The fourth-order valence-electron chi connectivity index (χ4n) is 0.371. The van der Waals surface area contributed by atoms with E-state index in [-0.39, 0.29) is 6.61 Å². The molecule has 0 aromatic heterocycles. The van der Waals surface area contributed by atoms with Crippen molar-refractivity contribution in [3.8, 4) is 0 Å². The van der Waals surface area contributed by atoms with Gasteiger partial charge in [0, 0.05) is 0 Å². The van der Waals surface area contributed by atoms with Crippen LogP contribution in [0.15, 0.2) is 0 Å². The predicted octanol–water partition coefficient (Wildman–Crippen LogP) is -2.20. The number of hydrogen-bond donors (Lipinski definition) is 0. The van der Waals surface area contributed by atoms with Gasteiger partial charge < -0.3 is 12.9 Å². The Labute approximate surface area is 66.4 Å². The zero-order chi connectivity index (χ0) is 8.20. The Morgan fingerprint density at radius 2 is 1.80 bits per heavy atom. The summed E-state index contributed by atoms with van der Waals surface area (Å²) in [5, 5.41) is 0. The van der Waals surface area contributed by atoms with Gasteiger partial charge in [-0.1, -0.05) is 0 Å². The summed E-state index contributed by atoms with van der Waals surface area (Å²) in [6.45, 7) is 0.991. The van der Waals surface area contributed by atoms with Crippen molar-refractivity contribution in [3.05, 3.63) is 0 Å². The summed E-state index contributed by atoms with van der Waals surface area (Å²) in [5.41, 5.74) is 0. The molecule has 0 spiro atoms. The van der Waals surface area contributed by atoms with Gasteiger partial charge in [-0.25, -0.2) is 0 Å². The van der Waals surface area contributed by atoms with Crippen LogP contribution in [-0.4, -0.2) is 38.8 Å². The normalized spacial score (nSPS) is 12.6. The fourth-order valence-corrected chi connectivity index (χ4v) is 0.780. The van der Waals surface area contributed by atoms with Gasteiger partial charge in [-0.2, -0.15) is 0 Å². The van der Waals surface area contributed by atoms with Crippen molar-refractivity contribution in [2.45, 2.75) is 0 Å². The van der Waals surface area contributed by atoms with Gasteiger partial charge in [-0.3, -0.25) is 0 Å². The number of nitrogens with zero attached hydrogens (tertiary/aromatic N) is 1. The van der Waals surface area contributed by atoms with Crippen LogP contribution in [0.2, 0.25) is 0 Å². The van der Waals surface area contributed by atoms with Gasteiger partial charge in [-0.05, 0) is 3.83 Å². The zero-order valence-corrected chi connectivity index (χ0v) is 8.05. The maximum Gasteiger partial charge on any atom is 0.436 e.